The zero-order valence-corrected chi connectivity index (χ0v) is 16.8. The van der Waals surface area contributed by atoms with Crippen molar-refractivity contribution in [2.24, 2.45) is 0 Å². The van der Waals surface area contributed by atoms with Crippen molar-refractivity contribution < 1.29 is 14.6 Å². The number of hydrogen-bond donors (Lipinski definition) is 2. The predicted octanol–water partition coefficient (Wildman–Crippen LogP) is 1.89. The second kappa shape index (κ2) is 8.29. The first kappa shape index (κ1) is 18.9. The lowest BCUT2D eigenvalue weighted by Crippen LogP contribution is -3.13. The summed E-state index contributed by atoms with van der Waals surface area (Å²) in [6, 6.07) is 17.2. The SMILES string of the molecule is Cc1ccc2c(C[NH2+]C[C@@H](c3ccccc3)[NH+]3CCCC3)cc(=O)oc2c1C. The van der Waals surface area contributed by atoms with Crippen molar-refractivity contribution >= 4 is 11.0 Å². The third-order valence-electron chi connectivity index (χ3n) is 6.22. The molecule has 1 fully saturated rings. The van der Waals surface area contributed by atoms with Crippen LogP contribution in [0.25, 0.3) is 11.0 Å². The Kier molecular flexibility index (Phi) is 5.60. The molecule has 2 heterocycles. The minimum Gasteiger partial charge on any atom is -0.422 e. The van der Waals surface area contributed by atoms with E-state index in [2.05, 4.69) is 54.7 Å². The van der Waals surface area contributed by atoms with Gasteiger partial charge in [0.25, 0.3) is 0 Å². The summed E-state index contributed by atoms with van der Waals surface area (Å²) in [7, 11) is 0. The average Bonchev–Trinajstić information content (AvgIpc) is 3.23. The van der Waals surface area contributed by atoms with Crippen LogP contribution in [0, 0.1) is 13.8 Å². The van der Waals surface area contributed by atoms with E-state index in [1.54, 1.807) is 11.0 Å². The van der Waals surface area contributed by atoms with Crippen LogP contribution in [0.3, 0.4) is 0 Å². The maximum Gasteiger partial charge on any atom is 0.336 e. The Hall–Kier alpha value is -2.43. The number of nitrogens with two attached hydrogens (primary N) is 1. The lowest BCUT2D eigenvalue weighted by Gasteiger charge is -2.23. The Morgan fingerprint density at radius 3 is 2.57 bits per heavy atom. The van der Waals surface area contributed by atoms with E-state index < -0.39 is 0 Å². The fourth-order valence-corrected chi connectivity index (χ4v) is 4.50. The molecule has 0 spiro atoms. The highest BCUT2D eigenvalue weighted by atomic mass is 16.4. The fraction of sp³-hybridized carbons (Fsp3) is 0.375. The van der Waals surface area contributed by atoms with Gasteiger partial charge in [-0.1, -0.05) is 42.5 Å². The molecular weight excluding hydrogens is 348 g/mol. The molecule has 28 heavy (non-hydrogen) atoms. The summed E-state index contributed by atoms with van der Waals surface area (Å²) in [6.07, 6.45) is 2.64. The average molecular weight is 379 g/mol. The summed E-state index contributed by atoms with van der Waals surface area (Å²) in [5.41, 5.74) is 5.17. The van der Waals surface area contributed by atoms with E-state index in [1.807, 2.05) is 6.92 Å². The van der Waals surface area contributed by atoms with Crippen molar-refractivity contribution in [2.45, 2.75) is 39.3 Å². The van der Waals surface area contributed by atoms with Gasteiger partial charge in [-0.25, -0.2) is 4.79 Å². The fourth-order valence-electron chi connectivity index (χ4n) is 4.50. The van der Waals surface area contributed by atoms with E-state index in [9.17, 15) is 4.79 Å². The van der Waals surface area contributed by atoms with Crippen molar-refractivity contribution in [3.8, 4) is 0 Å². The second-order valence-electron chi connectivity index (χ2n) is 8.03. The van der Waals surface area contributed by atoms with Gasteiger partial charge < -0.3 is 14.6 Å². The highest BCUT2D eigenvalue weighted by Crippen LogP contribution is 2.22. The summed E-state index contributed by atoms with van der Waals surface area (Å²) in [6.45, 7) is 8.40. The molecule has 146 valence electrons. The molecule has 2 aromatic carbocycles. The van der Waals surface area contributed by atoms with E-state index in [1.165, 1.54) is 31.5 Å². The topological polar surface area (TPSA) is 51.3 Å². The molecule has 4 nitrogen and oxygen atoms in total. The van der Waals surface area contributed by atoms with Crippen LogP contribution in [0.2, 0.25) is 0 Å². The van der Waals surface area contributed by atoms with E-state index in [0.717, 1.165) is 40.7 Å². The second-order valence-corrected chi connectivity index (χ2v) is 8.03. The Morgan fingerprint density at radius 1 is 1.07 bits per heavy atom. The highest BCUT2D eigenvalue weighted by Gasteiger charge is 2.28. The monoisotopic (exact) mass is 378 g/mol. The molecule has 1 atom stereocenters. The molecule has 4 rings (SSSR count). The number of likely N-dealkylation sites (tertiary alicyclic amines) is 1. The van der Waals surface area contributed by atoms with Gasteiger partial charge in [0.15, 0.2) is 6.04 Å². The van der Waals surface area contributed by atoms with Crippen LogP contribution in [-0.2, 0) is 6.54 Å². The summed E-state index contributed by atoms with van der Waals surface area (Å²) in [5, 5.41) is 3.41. The molecule has 0 amide bonds. The molecular formula is C24H30N2O2+2. The molecule has 4 heteroatoms. The molecule has 0 radical (unpaired) electrons. The van der Waals surface area contributed by atoms with Gasteiger partial charge in [-0.3, -0.25) is 0 Å². The van der Waals surface area contributed by atoms with Crippen molar-refractivity contribution in [1.29, 1.82) is 0 Å². The van der Waals surface area contributed by atoms with Crippen LogP contribution in [0.15, 0.2) is 57.7 Å². The summed E-state index contributed by atoms with van der Waals surface area (Å²) in [5.74, 6) is 0. The van der Waals surface area contributed by atoms with Gasteiger partial charge in [0.05, 0.1) is 13.1 Å². The molecule has 0 unspecified atom stereocenters. The van der Waals surface area contributed by atoms with Crippen molar-refractivity contribution in [2.75, 3.05) is 19.6 Å². The number of nitrogens with one attached hydrogen (secondary N) is 1. The standard InChI is InChI=1S/C24H28N2O2/c1-17-10-11-21-20(14-23(27)28-24(21)18(17)2)15-25-16-22(26-12-6-7-13-26)19-8-4-3-5-9-19/h3-5,8-11,14,22,25H,6-7,12-13,15-16H2,1-2H3/p+2/t22-/m0/s1. The van der Waals surface area contributed by atoms with E-state index in [-0.39, 0.29) is 5.63 Å². The van der Waals surface area contributed by atoms with Crippen molar-refractivity contribution in [1.82, 2.24) is 0 Å². The van der Waals surface area contributed by atoms with Gasteiger partial charge in [0.1, 0.15) is 18.7 Å². The zero-order valence-electron chi connectivity index (χ0n) is 16.8. The number of rotatable bonds is 6. The molecule has 1 saturated heterocycles. The van der Waals surface area contributed by atoms with Gasteiger partial charge in [-0.2, -0.15) is 0 Å². The Morgan fingerprint density at radius 2 is 1.82 bits per heavy atom. The Bertz CT molecular complexity index is 1000. The van der Waals surface area contributed by atoms with E-state index >= 15 is 0 Å². The first-order chi connectivity index (χ1) is 13.6. The normalized spacial score (nSPS) is 15.9. The van der Waals surface area contributed by atoms with Crippen LogP contribution in [-0.4, -0.2) is 19.6 Å². The largest absolute Gasteiger partial charge is 0.422 e. The Labute approximate surface area is 166 Å². The van der Waals surface area contributed by atoms with Crippen molar-refractivity contribution in [3.05, 3.63) is 81.2 Å². The molecule has 3 N–H and O–H groups in total. The molecule has 3 aromatic rings. The van der Waals surface area contributed by atoms with Crippen LogP contribution < -0.4 is 15.8 Å². The molecule has 0 saturated carbocycles. The van der Waals surface area contributed by atoms with Crippen LogP contribution in [0.5, 0.6) is 0 Å². The van der Waals surface area contributed by atoms with Gasteiger partial charge in [0.2, 0.25) is 0 Å². The minimum absolute atomic E-state index is 0.255. The van der Waals surface area contributed by atoms with Gasteiger partial charge >= 0.3 is 5.63 Å². The minimum atomic E-state index is -0.255. The van der Waals surface area contributed by atoms with Crippen LogP contribution in [0.1, 0.15) is 41.1 Å². The number of hydrogen-bond acceptors (Lipinski definition) is 2. The van der Waals surface area contributed by atoms with Crippen LogP contribution >= 0.6 is 0 Å². The first-order valence-corrected chi connectivity index (χ1v) is 10.4. The van der Waals surface area contributed by atoms with Gasteiger partial charge in [0, 0.05) is 35.4 Å². The number of fused-ring (bicyclic) bond motifs is 1. The van der Waals surface area contributed by atoms with Gasteiger partial charge in [-0.15, -0.1) is 0 Å². The van der Waals surface area contributed by atoms with Crippen LogP contribution in [0.4, 0.5) is 0 Å². The van der Waals surface area contributed by atoms with Gasteiger partial charge in [-0.05, 0) is 25.0 Å². The zero-order chi connectivity index (χ0) is 19.5. The van der Waals surface area contributed by atoms with E-state index in [4.69, 9.17) is 4.42 Å². The smallest absolute Gasteiger partial charge is 0.336 e. The lowest BCUT2D eigenvalue weighted by molar-refractivity contribution is -0.935. The summed E-state index contributed by atoms with van der Waals surface area (Å²) >= 11 is 0. The molecule has 1 aromatic heterocycles. The molecule has 0 aliphatic carbocycles. The Balaban J connectivity index is 1.55. The number of quaternary nitrogens is 2. The van der Waals surface area contributed by atoms with Crippen molar-refractivity contribution in [3.63, 3.8) is 0 Å². The summed E-state index contributed by atoms with van der Waals surface area (Å²) < 4.78 is 5.52. The maximum atomic E-state index is 12.1. The third-order valence-corrected chi connectivity index (χ3v) is 6.22. The third kappa shape index (κ3) is 3.89. The molecule has 0 bridgehead atoms. The van der Waals surface area contributed by atoms with E-state index in [0.29, 0.717) is 6.04 Å². The highest BCUT2D eigenvalue weighted by molar-refractivity contribution is 5.83. The summed E-state index contributed by atoms with van der Waals surface area (Å²) in [4.78, 5) is 13.8. The number of aryl methyl sites for hydroxylation is 2. The lowest BCUT2D eigenvalue weighted by atomic mass is 10.0. The quantitative estimate of drug-likeness (QED) is 0.644. The molecule has 1 aliphatic heterocycles. The molecule has 1 aliphatic rings. The number of benzene rings is 2. The first-order valence-electron chi connectivity index (χ1n) is 10.4. The predicted molar refractivity (Wildman–Crippen MR) is 112 cm³/mol. The maximum absolute atomic E-state index is 12.1.